The van der Waals surface area contributed by atoms with E-state index in [1.165, 1.54) is 13.3 Å². The number of nitrogens with zero attached hydrogens (tertiary/aromatic N) is 2. The summed E-state index contributed by atoms with van der Waals surface area (Å²) in [5.74, 6) is 0.321. The number of rotatable bonds is 4. The van der Waals surface area contributed by atoms with Gasteiger partial charge < -0.3 is 10.5 Å². The van der Waals surface area contributed by atoms with Crippen LogP contribution < -0.4 is 10.5 Å². The zero-order valence-corrected chi connectivity index (χ0v) is 8.65. The molecule has 5 nitrogen and oxygen atoms in total. The third-order valence-electron chi connectivity index (χ3n) is 1.92. The molecule has 1 aromatic heterocycles. The maximum atomic E-state index is 11.5. The second-order valence-corrected chi connectivity index (χ2v) is 3.23. The maximum absolute atomic E-state index is 11.5. The summed E-state index contributed by atoms with van der Waals surface area (Å²) in [6.45, 7) is 3.86. The van der Waals surface area contributed by atoms with Crippen molar-refractivity contribution in [3.05, 3.63) is 11.9 Å². The third kappa shape index (κ3) is 1.77. The van der Waals surface area contributed by atoms with Gasteiger partial charge in [-0.05, 0) is 13.8 Å². The van der Waals surface area contributed by atoms with Crippen LogP contribution in [0.4, 0.5) is 0 Å². The van der Waals surface area contributed by atoms with Gasteiger partial charge in [0.15, 0.2) is 11.5 Å². The highest BCUT2D eigenvalue weighted by atomic mass is 16.5. The van der Waals surface area contributed by atoms with E-state index in [2.05, 4.69) is 5.10 Å². The van der Waals surface area contributed by atoms with Gasteiger partial charge in [-0.15, -0.1) is 0 Å². The fourth-order valence-electron chi connectivity index (χ4n) is 1.25. The Hall–Kier alpha value is -1.36. The van der Waals surface area contributed by atoms with Crippen molar-refractivity contribution in [2.24, 2.45) is 5.73 Å². The predicted molar refractivity (Wildman–Crippen MR) is 52.5 cm³/mol. The smallest absolute Gasteiger partial charge is 0.198 e. The normalized spacial score (nSPS) is 10.6. The molecule has 0 aliphatic heterocycles. The largest absolute Gasteiger partial charge is 0.493 e. The summed E-state index contributed by atoms with van der Waals surface area (Å²) >= 11 is 0. The third-order valence-corrected chi connectivity index (χ3v) is 1.92. The standard InChI is InChI=1S/C9H15N3O2/c1-6(2)12-9(7(13)4-10)8(14-3)5-11-12/h5-6H,4,10H2,1-3H3. The van der Waals surface area contributed by atoms with Crippen LogP contribution in [0, 0.1) is 0 Å². The Kier molecular flexibility index (Phi) is 3.24. The topological polar surface area (TPSA) is 70.1 Å². The number of carbonyl (C=O) groups is 1. The summed E-state index contributed by atoms with van der Waals surface area (Å²) in [7, 11) is 1.51. The molecule has 78 valence electrons. The lowest BCUT2D eigenvalue weighted by atomic mass is 10.2. The summed E-state index contributed by atoms with van der Waals surface area (Å²) in [5, 5.41) is 4.07. The zero-order chi connectivity index (χ0) is 10.7. The van der Waals surface area contributed by atoms with Gasteiger partial charge in [-0.25, -0.2) is 0 Å². The van der Waals surface area contributed by atoms with Crippen LogP contribution in [0.25, 0.3) is 0 Å². The Labute approximate surface area is 82.8 Å². The second kappa shape index (κ2) is 4.23. The molecule has 2 N–H and O–H groups in total. The van der Waals surface area contributed by atoms with Gasteiger partial charge in [0.1, 0.15) is 5.69 Å². The molecule has 0 atom stereocenters. The molecule has 1 aromatic rings. The Morgan fingerprint density at radius 3 is 2.79 bits per heavy atom. The van der Waals surface area contributed by atoms with Crippen molar-refractivity contribution in [3.8, 4) is 5.75 Å². The molecular weight excluding hydrogens is 182 g/mol. The Morgan fingerprint density at radius 1 is 1.71 bits per heavy atom. The van der Waals surface area contributed by atoms with E-state index in [4.69, 9.17) is 10.5 Å². The SMILES string of the molecule is COc1cnn(C(C)C)c1C(=O)CN. The minimum Gasteiger partial charge on any atom is -0.493 e. The lowest BCUT2D eigenvalue weighted by molar-refractivity contribution is 0.0986. The van der Waals surface area contributed by atoms with Crippen LogP contribution in [0.3, 0.4) is 0 Å². The van der Waals surface area contributed by atoms with Crippen molar-refractivity contribution in [2.75, 3.05) is 13.7 Å². The van der Waals surface area contributed by atoms with Crippen molar-refractivity contribution in [3.63, 3.8) is 0 Å². The van der Waals surface area contributed by atoms with Gasteiger partial charge in [-0.1, -0.05) is 0 Å². The first-order valence-corrected chi connectivity index (χ1v) is 4.46. The van der Waals surface area contributed by atoms with E-state index in [1.807, 2.05) is 13.8 Å². The van der Waals surface area contributed by atoms with Gasteiger partial charge >= 0.3 is 0 Å². The van der Waals surface area contributed by atoms with E-state index < -0.39 is 0 Å². The molecule has 0 amide bonds. The Bertz CT molecular complexity index is 331. The number of hydrogen-bond donors (Lipinski definition) is 1. The summed E-state index contributed by atoms with van der Waals surface area (Å²) < 4.78 is 6.66. The number of aromatic nitrogens is 2. The van der Waals surface area contributed by atoms with Crippen LogP contribution in [0.1, 0.15) is 30.4 Å². The molecule has 0 aliphatic carbocycles. The number of ketones is 1. The van der Waals surface area contributed by atoms with Crippen LogP contribution in [0.5, 0.6) is 5.75 Å². The monoisotopic (exact) mass is 197 g/mol. The Morgan fingerprint density at radius 2 is 2.36 bits per heavy atom. The van der Waals surface area contributed by atoms with E-state index in [1.54, 1.807) is 4.68 Å². The lowest BCUT2D eigenvalue weighted by Gasteiger charge is -2.10. The molecule has 0 saturated carbocycles. The van der Waals surface area contributed by atoms with E-state index in [0.29, 0.717) is 11.4 Å². The molecule has 0 unspecified atom stereocenters. The van der Waals surface area contributed by atoms with E-state index in [-0.39, 0.29) is 18.4 Å². The van der Waals surface area contributed by atoms with Crippen molar-refractivity contribution in [1.82, 2.24) is 9.78 Å². The molecule has 5 heteroatoms. The van der Waals surface area contributed by atoms with Gasteiger partial charge in [0.25, 0.3) is 0 Å². The molecule has 0 aliphatic rings. The average molecular weight is 197 g/mol. The predicted octanol–water partition coefficient (Wildman–Crippen LogP) is 0.614. The summed E-state index contributed by atoms with van der Waals surface area (Å²) in [4.78, 5) is 11.5. The number of hydrogen-bond acceptors (Lipinski definition) is 4. The van der Waals surface area contributed by atoms with Gasteiger partial charge in [-0.2, -0.15) is 5.10 Å². The molecule has 0 spiro atoms. The quantitative estimate of drug-likeness (QED) is 0.718. The molecule has 0 fully saturated rings. The highest BCUT2D eigenvalue weighted by Gasteiger charge is 2.19. The fourth-order valence-corrected chi connectivity index (χ4v) is 1.25. The minimum atomic E-state index is -0.159. The first-order chi connectivity index (χ1) is 6.61. The number of ether oxygens (including phenoxy) is 1. The molecule has 1 rings (SSSR count). The number of Topliss-reactive ketones (excluding diaryl/α,β-unsaturated/α-hetero) is 1. The van der Waals surface area contributed by atoms with E-state index in [9.17, 15) is 4.79 Å². The summed E-state index contributed by atoms with van der Waals surface area (Å²) in [5.41, 5.74) is 5.76. The molecule has 0 radical (unpaired) electrons. The molecule has 14 heavy (non-hydrogen) atoms. The van der Waals surface area contributed by atoms with Crippen LogP contribution >= 0.6 is 0 Å². The first-order valence-electron chi connectivity index (χ1n) is 4.46. The first kappa shape index (κ1) is 10.7. The molecular formula is C9H15N3O2. The van der Waals surface area contributed by atoms with Crippen molar-refractivity contribution >= 4 is 5.78 Å². The number of carbonyl (C=O) groups excluding carboxylic acids is 1. The van der Waals surface area contributed by atoms with Crippen molar-refractivity contribution < 1.29 is 9.53 Å². The number of nitrogens with two attached hydrogens (primary N) is 1. The maximum Gasteiger partial charge on any atom is 0.198 e. The molecule has 1 heterocycles. The number of methoxy groups -OCH3 is 1. The van der Waals surface area contributed by atoms with E-state index in [0.717, 1.165) is 0 Å². The van der Waals surface area contributed by atoms with Gasteiger partial charge in [0, 0.05) is 6.04 Å². The van der Waals surface area contributed by atoms with Crippen molar-refractivity contribution in [1.29, 1.82) is 0 Å². The highest BCUT2D eigenvalue weighted by Crippen LogP contribution is 2.20. The fraction of sp³-hybridized carbons (Fsp3) is 0.556. The zero-order valence-electron chi connectivity index (χ0n) is 8.65. The Balaban J connectivity index is 3.19. The summed E-state index contributed by atoms with van der Waals surface area (Å²) in [6, 6.07) is 0.115. The average Bonchev–Trinajstić information content (AvgIpc) is 2.59. The summed E-state index contributed by atoms with van der Waals surface area (Å²) in [6.07, 6.45) is 1.53. The van der Waals surface area contributed by atoms with Crippen LogP contribution in [0.2, 0.25) is 0 Å². The van der Waals surface area contributed by atoms with Crippen LogP contribution in [-0.4, -0.2) is 29.2 Å². The highest BCUT2D eigenvalue weighted by molar-refractivity contribution is 5.98. The van der Waals surface area contributed by atoms with Gasteiger partial charge in [0.05, 0.1) is 19.9 Å². The molecule has 0 aromatic carbocycles. The van der Waals surface area contributed by atoms with E-state index >= 15 is 0 Å². The molecule has 0 saturated heterocycles. The van der Waals surface area contributed by atoms with Crippen molar-refractivity contribution in [2.45, 2.75) is 19.9 Å². The van der Waals surface area contributed by atoms with Gasteiger partial charge in [0.2, 0.25) is 0 Å². The second-order valence-electron chi connectivity index (χ2n) is 3.23. The minimum absolute atomic E-state index is 0.0330. The molecule has 0 bridgehead atoms. The lowest BCUT2D eigenvalue weighted by Crippen LogP contribution is -2.20. The van der Waals surface area contributed by atoms with Gasteiger partial charge in [-0.3, -0.25) is 9.48 Å². The van der Waals surface area contributed by atoms with Crippen LogP contribution in [0.15, 0.2) is 6.20 Å². The van der Waals surface area contributed by atoms with Crippen LogP contribution in [-0.2, 0) is 0 Å².